The number of hydrogen-bond donors (Lipinski definition) is 16. The zero-order chi connectivity index (χ0) is 94.6. The lowest BCUT2D eigenvalue weighted by Crippen LogP contribution is -2.62. The highest BCUT2D eigenvalue weighted by Crippen LogP contribution is 2.59. The number of ketones is 3. The highest BCUT2D eigenvalue weighted by molar-refractivity contribution is 7.89. The van der Waals surface area contributed by atoms with E-state index in [0.29, 0.717) is 37.0 Å². The molecule has 0 spiro atoms. The number of nitrogens with one attached hydrogen (secondary N) is 6. The van der Waals surface area contributed by atoms with Gasteiger partial charge in [-0.15, -0.1) is 0 Å². The van der Waals surface area contributed by atoms with E-state index in [0.717, 1.165) is 88.5 Å². The molecule has 18 atom stereocenters. The zero-order valence-corrected chi connectivity index (χ0v) is 76.8. The monoisotopic (exact) mass is 1890 g/mol. The maximum absolute atomic E-state index is 16.8. The lowest BCUT2D eigenvalue weighted by Gasteiger charge is -2.54. The molecule has 0 unspecified atom stereocenters. The van der Waals surface area contributed by atoms with Crippen LogP contribution in [0.1, 0.15) is 214 Å². The van der Waals surface area contributed by atoms with Crippen molar-refractivity contribution in [3.63, 3.8) is 0 Å². The minimum Gasteiger partial charge on any atom is -0.507 e. The molecule has 7 aliphatic heterocycles. The van der Waals surface area contributed by atoms with Gasteiger partial charge in [0.15, 0.2) is 41.2 Å². The molecule has 18 N–H and O–H groups in total. The molecule has 714 valence electrons. The van der Waals surface area contributed by atoms with Crippen molar-refractivity contribution in [1.82, 2.24) is 31.3 Å². The third-order valence-corrected chi connectivity index (χ3v) is 29.6. The van der Waals surface area contributed by atoms with Crippen molar-refractivity contribution in [2.45, 2.75) is 254 Å². The Balaban J connectivity index is 0.919. The lowest BCUT2D eigenvalue weighted by atomic mass is 9.51. The quantitative estimate of drug-likeness (QED) is 0.0194. The van der Waals surface area contributed by atoms with Crippen LogP contribution in [0.5, 0.6) is 51.7 Å². The molecule has 132 heavy (non-hydrogen) atoms. The number of aliphatic hydroxyl groups is 5. The molecule has 5 amide bonds. The highest BCUT2D eigenvalue weighted by Gasteiger charge is 2.53. The smallest absolute Gasteiger partial charge is 0.246 e. The standard InChI is InChI=1S/C96H120Cl2N8O25S/c1-7-9-10-11-12-25-125-58-16-18-59(19-17-58)132(123,124)102-24-23-101-43-64-69(109)41-63-80(87(64)116)62-32-51(13-20-68(62)108)61-40-71(111)81-56-36-75(127-73-21-14-52(33-65(73)97)85(114)83(105-92(119)50(8-2)26-45(3)4)70(110)35-57(38-78(100)113)93(120)103-81)90(131-96-91(89(118)88(117)77(44-107)129-96)130-79-42-67(99)46(5)47(6)126-79)76(37-56)128-74-22-15-53(34-66(74)98)86(115)84(106-94(61)121)95(122)104-82(63)72(112)39-60-54-28-48-27-49(30-54)31-55(60)29-48/h13-22,32-34,36-37,41,45-50,54-55,57,60-61,67,77,79,81-86,88-89,91,96,101-102,107-109,114-118H,7-12,23-31,35,38-40,42-44,99H2,1-6H3,(H2,100,113)(H,103,120)(H,104,122)(H,105,119)(H,106,121)/t46-,47+,48?,49?,50-,54?,55?,57+,60?,61-,67+,77-,79+,81-,82+,83+,84+,85-,86-,88-,89+,91-,96+/m1/s1. The van der Waals surface area contributed by atoms with Crippen LogP contribution >= 0.6 is 23.2 Å². The van der Waals surface area contributed by atoms with E-state index in [1.54, 1.807) is 26.0 Å². The fraction of sp³-hybridized carbons (Fsp3) is 0.542. The Morgan fingerprint density at radius 2 is 1.33 bits per heavy atom. The number of fused-ring (bicyclic) bond motifs is 15. The largest absolute Gasteiger partial charge is 0.507 e. The van der Waals surface area contributed by atoms with E-state index in [1.165, 1.54) is 60.7 Å². The van der Waals surface area contributed by atoms with Gasteiger partial charge in [0.2, 0.25) is 51.6 Å². The second kappa shape index (κ2) is 42.5. The molecule has 17 rings (SSSR count). The first-order valence-corrected chi connectivity index (χ1v) is 48.0. The third-order valence-electron chi connectivity index (χ3n) is 27.5. The number of Topliss-reactive ketones (excluding diaryl/α,β-unsaturated/α-hetero) is 3. The number of carbonyl (C=O) groups is 8. The second-order valence-corrected chi connectivity index (χ2v) is 39.7. The maximum atomic E-state index is 16.8. The molecule has 6 fully saturated rings. The number of ether oxygens (including phenoxy) is 7. The van der Waals surface area contributed by atoms with Crippen molar-refractivity contribution in [1.29, 1.82) is 0 Å². The van der Waals surface area contributed by atoms with Gasteiger partial charge < -0.3 is 112 Å². The molecule has 4 saturated carbocycles. The van der Waals surface area contributed by atoms with Crippen LogP contribution in [0.3, 0.4) is 0 Å². The second-order valence-electron chi connectivity index (χ2n) is 37.2. The van der Waals surface area contributed by atoms with E-state index < -0.39 is 227 Å². The predicted molar refractivity (Wildman–Crippen MR) is 482 cm³/mol. The first-order valence-electron chi connectivity index (χ1n) is 45.7. The number of halogens is 2. The number of aromatic hydroxyl groups is 3. The van der Waals surface area contributed by atoms with Gasteiger partial charge in [-0.3, -0.25) is 38.4 Å². The molecule has 36 heteroatoms. The van der Waals surface area contributed by atoms with Crippen molar-refractivity contribution in [3.8, 4) is 62.9 Å². The van der Waals surface area contributed by atoms with Crippen LogP contribution in [-0.4, -0.2) is 184 Å². The Hall–Kier alpha value is -9.63. The first kappa shape index (κ1) is 98.4. The van der Waals surface area contributed by atoms with E-state index in [-0.39, 0.29) is 126 Å². The van der Waals surface area contributed by atoms with Gasteiger partial charge in [0.25, 0.3) is 0 Å². The van der Waals surface area contributed by atoms with E-state index >= 15 is 28.8 Å². The summed E-state index contributed by atoms with van der Waals surface area (Å²) in [7, 11) is -4.12. The number of hydrogen-bond acceptors (Lipinski definition) is 27. The number of amides is 5. The molecule has 15 bridgehead atoms. The van der Waals surface area contributed by atoms with Gasteiger partial charge >= 0.3 is 0 Å². The Morgan fingerprint density at radius 3 is 1.95 bits per heavy atom. The number of nitrogens with two attached hydrogens (primary N) is 2. The zero-order valence-electron chi connectivity index (χ0n) is 74.5. The number of benzene rings is 6. The van der Waals surface area contributed by atoms with Gasteiger partial charge in [0, 0.05) is 74.8 Å². The number of phenolic OH excluding ortho intramolecular Hbond substituents is 3. The number of primary amides is 1. The lowest BCUT2D eigenvalue weighted by molar-refractivity contribution is -0.328. The molecule has 0 radical (unpaired) electrons. The summed E-state index contributed by atoms with van der Waals surface area (Å²) in [4.78, 5) is 124. The van der Waals surface area contributed by atoms with Gasteiger partial charge in [-0.2, -0.15) is 0 Å². The number of rotatable bonds is 29. The van der Waals surface area contributed by atoms with Gasteiger partial charge in [-0.05, 0) is 206 Å². The van der Waals surface area contributed by atoms with Crippen LogP contribution in [0.4, 0.5) is 0 Å². The molecular formula is C96H120Cl2N8O25S. The minimum atomic E-state index is -4.12. The van der Waals surface area contributed by atoms with Gasteiger partial charge in [0.05, 0.1) is 51.7 Å². The van der Waals surface area contributed by atoms with Crippen molar-refractivity contribution in [3.05, 3.63) is 140 Å². The average molecular weight is 1890 g/mol. The summed E-state index contributed by atoms with van der Waals surface area (Å²) < 4.78 is 75.3. The van der Waals surface area contributed by atoms with E-state index in [9.17, 15) is 58.9 Å². The molecule has 2 saturated heterocycles. The Labute approximate surface area is 775 Å². The van der Waals surface area contributed by atoms with Crippen LogP contribution in [0, 0.1) is 53.3 Å². The summed E-state index contributed by atoms with van der Waals surface area (Å²) in [6, 6.07) is 11.7. The normalized spacial score (nSPS) is 29.1. The summed E-state index contributed by atoms with van der Waals surface area (Å²) in [6.45, 7) is 10.0. The summed E-state index contributed by atoms with van der Waals surface area (Å²) in [5, 5.41) is 112. The first-order chi connectivity index (χ1) is 63.0. The topological polar surface area (TPSA) is 521 Å². The Bertz CT molecular complexity index is 5340. The van der Waals surface area contributed by atoms with E-state index in [2.05, 4.69) is 38.2 Å². The Kier molecular flexibility index (Phi) is 31.7. The van der Waals surface area contributed by atoms with Crippen LogP contribution in [0.15, 0.2) is 102 Å². The maximum Gasteiger partial charge on any atom is 0.246 e. The van der Waals surface area contributed by atoms with Gasteiger partial charge in [0.1, 0.15) is 89.2 Å². The fourth-order valence-electron chi connectivity index (χ4n) is 20.3. The van der Waals surface area contributed by atoms with Crippen LogP contribution in [0.2, 0.25) is 10.0 Å². The van der Waals surface area contributed by atoms with Crippen LogP contribution in [-0.2, 0) is 69.1 Å². The molecule has 11 aliphatic rings. The number of aliphatic hydroxyl groups excluding tert-OH is 5. The molecule has 33 nitrogen and oxygen atoms in total. The van der Waals surface area contributed by atoms with Crippen molar-refractivity contribution in [2.24, 2.45) is 64.7 Å². The molecule has 6 aromatic carbocycles. The van der Waals surface area contributed by atoms with E-state index in [4.69, 9.17) is 67.8 Å². The average Bonchev–Trinajstić information content (AvgIpc) is 0.748. The molecule has 6 aromatic rings. The van der Waals surface area contributed by atoms with Gasteiger partial charge in [-0.25, -0.2) is 13.1 Å². The fourth-order valence-corrected chi connectivity index (χ4v) is 21.8. The third kappa shape index (κ3) is 22.1. The summed E-state index contributed by atoms with van der Waals surface area (Å²) in [6.07, 6.45) is -7.82. The number of unbranched alkanes of at least 4 members (excludes halogenated alkanes) is 4. The number of sulfonamides is 1. The minimum absolute atomic E-state index is 0.0234. The molecule has 4 aliphatic carbocycles. The van der Waals surface area contributed by atoms with E-state index in [1.807, 2.05) is 20.8 Å². The van der Waals surface area contributed by atoms with Crippen molar-refractivity contribution in [2.75, 3.05) is 26.3 Å². The summed E-state index contributed by atoms with van der Waals surface area (Å²) in [5.74, 6) is -15.9. The molecular weight excluding hydrogens is 1770 g/mol. The molecule has 0 aromatic heterocycles. The SMILES string of the molecule is CCCCCCCOc1ccc(S(=O)(=O)NCCNCc2c(O)cc3c(c2O)-c2cc(ccc2O)[C@H]2CC(=O)[C@@H]4NC(=O)[C@H](CC(N)=O)CC(=O)[C@H](NC(=O)[C@H](CC)CC(C)C)[C@H](O)c5ccc(c(Cl)c5)Oc5cc4cc(c5O[C@@H]4O[C@H](CO)[C@@H](O)[C@H](O)[C@H]4O[C@H]4C[C@H](N)[C@H](C)[C@H](C)O4)Oc4ccc(cc4Cl)[C@@H](O)[C@H](NC2=O)C(=O)N[C@@H]3C(=O)CC2C3CC4CC(C3)CC2C4)cc1. The van der Waals surface area contributed by atoms with Crippen LogP contribution in [0.25, 0.3) is 11.1 Å². The highest BCUT2D eigenvalue weighted by atomic mass is 35.5. The summed E-state index contributed by atoms with van der Waals surface area (Å²) in [5.41, 5.74) is 10.5. The van der Waals surface area contributed by atoms with Crippen molar-refractivity contribution < 1.29 is 121 Å². The number of carbonyl (C=O) groups excluding carboxylic acids is 8. The predicted octanol–water partition coefficient (Wildman–Crippen LogP) is 9.77. The van der Waals surface area contributed by atoms with Gasteiger partial charge in [-0.1, -0.05) is 102 Å². The molecule has 7 heterocycles. The van der Waals surface area contributed by atoms with Crippen LogP contribution < -0.4 is 61.7 Å². The number of phenols is 3. The van der Waals surface area contributed by atoms with Crippen molar-refractivity contribution >= 4 is 80.1 Å². The Morgan fingerprint density at radius 1 is 0.674 bits per heavy atom. The summed E-state index contributed by atoms with van der Waals surface area (Å²) >= 11 is 14.6.